The van der Waals surface area contributed by atoms with Crippen molar-refractivity contribution >= 4 is 26.0 Å². The summed E-state index contributed by atoms with van der Waals surface area (Å²) in [6, 6.07) is 15.8. The van der Waals surface area contributed by atoms with Gasteiger partial charge >= 0.3 is 0 Å². The molecule has 0 spiro atoms. The van der Waals surface area contributed by atoms with Crippen LogP contribution in [-0.2, 0) is 16.4 Å². The summed E-state index contributed by atoms with van der Waals surface area (Å²) in [5.74, 6) is 0. The summed E-state index contributed by atoms with van der Waals surface area (Å²) in [4.78, 5) is 0.222. The zero-order valence-electron chi connectivity index (χ0n) is 13.3. The maximum atomic E-state index is 12.6. The minimum atomic E-state index is -3.65. The van der Waals surface area contributed by atoms with Crippen LogP contribution in [-0.4, -0.2) is 26.2 Å². The predicted octanol–water partition coefficient (Wildman–Crippen LogP) is 3.16. The maximum absolute atomic E-state index is 12.6. The van der Waals surface area contributed by atoms with E-state index in [1.54, 1.807) is 30.3 Å². The second kappa shape index (κ2) is 8.58. The Morgan fingerprint density at radius 1 is 1.17 bits per heavy atom. The zero-order valence-corrected chi connectivity index (χ0v) is 15.7. The number of nitrogens with one attached hydrogen (secondary N) is 1. The number of hydrogen-bond donors (Lipinski definition) is 2. The fourth-order valence-electron chi connectivity index (χ4n) is 2.26. The van der Waals surface area contributed by atoms with Gasteiger partial charge in [0.05, 0.1) is 11.5 Å². The molecule has 1 atom stereocenters. The molecule has 0 heterocycles. The zero-order chi connectivity index (χ0) is 17.6. The van der Waals surface area contributed by atoms with Gasteiger partial charge in [-0.15, -0.1) is 0 Å². The van der Waals surface area contributed by atoms with E-state index in [1.807, 2.05) is 37.3 Å². The predicted molar refractivity (Wildman–Crippen MR) is 99.5 cm³/mol. The number of hydrogen-bond acceptors (Lipinski definition) is 3. The SMILES string of the molecule is Cc1ccc(S(=O)(=O)N[C@H](/C=C(/Br)CO)Cc2ccccc2)cc1. The van der Waals surface area contributed by atoms with Crippen molar-refractivity contribution in [3.63, 3.8) is 0 Å². The van der Waals surface area contributed by atoms with E-state index < -0.39 is 16.1 Å². The van der Waals surface area contributed by atoms with E-state index in [4.69, 9.17) is 0 Å². The number of halogens is 1. The molecule has 4 nitrogen and oxygen atoms in total. The van der Waals surface area contributed by atoms with E-state index >= 15 is 0 Å². The van der Waals surface area contributed by atoms with Crippen molar-refractivity contribution in [2.24, 2.45) is 0 Å². The lowest BCUT2D eigenvalue weighted by molar-refractivity contribution is 0.339. The van der Waals surface area contributed by atoms with Gasteiger partial charge in [-0.3, -0.25) is 0 Å². The molecule has 128 valence electrons. The molecular weight excluding hydrogens is 390 g/mol. The van der Waals surface area contributed by atoms with E-state index in [9.17, 15) is 13.5 Å². The van der Waals surface area contributed by atoms with Gasteiger partial charge in [0.2, 0.25) is 10.0 Å². The van der Waals surface area contributed by atoms with E-state index in [1.165, 1.54) is 0 Å². The van der Waals surface area contributed by atoms with Crippen LogP contribution in [0.15, 0.2) is 70.1 Å². The Hall–Kier alpha value is -1.47. The van der Waals surface area contributed by atoms with Gasteiger partial charge in [-0.25, -0.2) is 13.1 Å². The highest BCUT2D eigenvalue weighted by atomic mass is 79.9. The number of aliphatic hydroxyl groups is 1. The van der Waals surface area contributed by atoms with E-state index in [0.29, 0.717) is 10.9 Å². The summed E-state index contributed by atoms with van der Waals surface area (Å²) in [6.07, 6.45) is 2.17. The van der Waals surface area contributed by atoms with Gasteiger partial charge in [0.25, 0.3) is 0 Å². The van der Waals surface area contributed by atoms with Gasteiger partial charge in [0.15, 0.2) is 0 Å². The van der Waals surface area contributed by atoms with Crippen LogP contribution in [0.4, 0.5) is 0 Å². The van der Waals surface area contributed by atoms with Gasteiger partial charge in [-0.2, -0.15) is 0 Å². The molecule has 6 heteroatoms. The largest absolute Gasteiger partial charge is 0.391 e. The molecule has 0 aliphatic carbocycles. The lowest BCUT2D eigenvalue weighted by atomic mass is 10.1. The minimum absolute atomic E-state index is 0.183. The molecule has 0 aliphatic heterocycles. The van der Waals surface area contributed by atoms with E-state index in [-0.39, 0.29) is 11.5 Å². The van der Waals surface area contributed by atoms with Crippen molar-refractivity contribution in [1.29, 1.82) is 0 Å². The molecule has 0 saturated carbocycles. The first kappa shape index (κ1) is 18.9. The van der Waals surface area contributed by atoms with Gasteiger partial charge in [0.1, 0.15) is 0 Å². The second-order valence-electron chi connectivity index (χ2n) is 5.50. The minimum Gasteiger partial charge on any atom is -0.391 e. The molecule has 2 rings (SSSR count). The molecule has 2 aromatic rings. The van der Waals surface area contributed by atoms with Crippen molar-refractivity contribution in [3.05, 3.63) is 76.3 Å². The van der Waals surface area contributed by atoms with Crippen molar-refractivity contribution in [3.8, 4) is 0 Å². The Balaban J connectivity index is 2.25. The second-order valence-corrected chi connectivity index (χ2v) is 8.23. The molecule has 0 amide bonds. The Morgan fingerprint density at radius 2 is 1.79 bits per heavy atom. The summed E-state index contributed by atoms with van der Waals surface area (Å²) in [5.41, 5.74) is 2.00. The fraction of sp³-hybridized carbons (Fsp3) is 0.222. The summed E-state index contributed by atoms with van der Waals surface area (Å²) in [5, 5.41) is 9.20. The molecule has 0 fully saturated rings. The van der Waals surface area contributed by atoms with Crippen LogP contribution < -0.4 is 4.72 Å². The van der Waals surface area contributed by atoms with Crippen molar-refractivity contribution in [1.82, 2.24) is 4.72 Å². The Morgan fingerprint density at radius 3 is 2.38 bits per heavy atom. The first-order valence-corrected chi connectivity index (χ1v) is 9.78. The number of aryl methyl sites for hydroxylation is 1. The van der Waals surface area contributed by atoms with E-state index in [2.05, 4.69) is 20.7 Å². The first-order valence-electron chi connectivity index (χ1n) is 7.50. The molecule has 0 saturated heterocycles. The third kappa shape index (κ3) is 5.56. The maximum Gasteiger partial charge on any atom is 0.241 e. The van der Waals surface area contributed by atoms with Gasteiger partial charge in [0, 0.05) is 10.5 Å². The van der Waals surface area contributed by atoms with Crippen LogP contribution in [0, 0.1) is 6.92 Å². The van der Waals surface area contributed by atoms with Crippen LogP contribution in [0.5, 0.6) is 0 Å². The molecular formula is C18H20BrNO3S. The topological polar surface area (TPSA) is 66.4 Å². The highest BCUT2D eigenvalue weighted by Gasteiger charge is 2.19. The van der Waals surface area contributed by atoms with Gasteiger partial charge in [-0.1, -0.05) is 70.0 Å². The molecule has 0 aliphatic rings. The molecule has 2 N–H and O–H groups in total. The van der Waals surface area contributed by atoms with Crippen LogP contribution in [0.1, 0.15) is 11.1 Å². The van der Waals surface area contributed by atoms with Crippen LogP contribution in [0.3, 0.4) is 0 Å². The number of aliphatic hydroxyl groups excluding tert-OH is 1. The molecule has 0 bridgehead atoms. The molecule has 2 aromatic carbocycles. The normalized spacial score (nSPS) is 13.7. The summed E-state index contributed by atoms with van der Waals surface area (Å²) < 4.78 is 28.4. The Labute approximate surface area is 151 Å². The first-order chi connectivity index (χ1) is 11.4. The smallest absolute Gasteiger partial charge is 0.241 e. The number of sulfonamides is 1. The lowest BCUT2D eigenvalue weighted by Crippen LogP contribution is -2.35. The summed E-state index contributed by atoms with van der Waals surface area (Å²) in [7, 11) is -3.65. The molecule has 0 unspecified atom stereocenters. The van der Waals surface area contributed by atoms with Crippen LogP contribution in [0.25, 0.3) is 0 Å². The van der Waals surface area contributed by atoms with Gasteiger partial charge in [-0.05, 0) is 31.0 Å². The molecule has 0 aromatic heterocycles. The standard InChI is InChI=1S/C18H20BrNO3S/c1-14-7-9-18(10-8-14)24(22,23)20-17(12-16(19)13-21)11-15-5-3-2-4-6-15/h2-10,12,17,20-21H,11,13H2,1H3/b16-12+/t17-/m0/s1. The highest BCUT2D eigenvalue weighted by Crippen LogP contribution is 2.15. The Bertz CT molecular complexity index is 787. The van der Waals surface area contributed by atoms with Crippen molar-refractivity contribution < 1.29 is 13.5 Å². The summed E-state index contributed by atoms with van der Waals surface area (Å²) in [6.45, 7) is 1.72. The monoisotopic (exact) mass is 409 g/mol. The fourth-order valence-corrected chi connectivity index (χ4v) is 3.76. The quantitative estimate of drug-likeness (QED) is 0.737. The highest BCUT2D eigenvalue weighted by molar-refractivity contribution is 9.11. The number of benzene rings is 2. The van der Waals surface area contributed by atoms with Crippen LogP contribution in [0.2, 0.25) is 0 Å². The molecule has 0 radical (unpaired) electrons. The lowest BCUT2D eigenvalue weighted by Gasteiger charge is -2.16. The average molecular weight is 410 g/mol. The van der Waals surface area contributed by atoms with Gasteiger partial charge < -0.3 is 5.11 Å². The summed E-state index contributed by atoms with van der Waals surface area (Å²) >= 11 is 3.24. The molecule has 24 heavy (non-hydrogen) atoms. The third-order valence-electron chi connectivity index (χ3n) is 3.47. The Kier molecular flexibility index (Phi) is 6.74. The van der Waals surface area contributed by atoms with E-state index in [0.717, 1.165) is 11.1 Å². The van der Waals surface area contributed by atoms with Crippen LogP contribution >= 0.6 is 15.9 Å². The van der Waals surface area contributed by atoms with Crippen molar-refractivity contribution in [2.45, 2.75) is 24.3 Å². The number of rotatable bonds is 7. The average Bonchev–Trinajstić information content (AvgIpc) is 2.55. The third-order valence-corrected chi connectivity index (χ3v) is 5.49. The van der Waals surface area contributed by atoms with Crippen molar-refractivity contribution in [2.75, 3.05) is 6.61 Å².